The molecule has 1 aromatic carbocycles. The van der Waals surface area contributed by atoms with Crippen LogP contribution in [0.3, 0.4) is 0 Å². The molecule has 1 atom stereocenters. The fourth-order valence-electron chi connectivity index (χ4n) is 2.21. The Labute approximate surface area is 109 Å². The van der Waals surface area contributed by atoms with Crippen LogP contribution in [0.5, 0.6) is 5.75 Å². The van der Waals surface area contributed by atoms with Gasteiger partial charge in [0.1, 0.15) is 5.75 Å². The van der Waals surface area contributed by atoms with E-state index < -0.39 is 0 Å². The van der Waals surface area contributed by atoms with Crippen molar-refractivity contribution >= 4 is 5.69 Å². The third-order valence-corrected chi connectivity index (χ3v) is 3.30. The van der Waals surface area contributed by atoms with Crippen molar-refractivity contribution in [1.82, 2.24) is 4.90 Å². The summed E-state index contributed by atoms with van der Waals surface area (Å²) in [5.41, 5.74) is 1.03. The Bertz CT molecular complexity index is 371. The molecular formula is C14H22N2O2. The molecule has 1 saturated heterocycles. The number of likely N-dealkylation sites (N-methyl/N-ethyl adjacent to an activating group) is 1. The molecule has 0 aliphatic carbocycles. The Kier molecular flexibility index (Phi) is 4.84. The Morgan fingerprint density at radius 3 is 3.06 bits per heavy atom. The van der Waals surface area contributed by atoms with Gasteiger partial charge in [0.15, 0.2) is 0 Å². The number of methoxy groups -OCH3 is 1. The maximum Gasteiger partial charge on any atom is 0.141 e. The highest BCUT2D eigenvalue weighted by Gasteiger charge is 2.19. The number of anilines is 1. The zero-order valence-electron chi connectivity index (χ0n) is 11.2. The van der Waals surface area contributed by atoms with Gasteiger partial charge in [-0.1, -0.05) is 19.1 Å². The second kappa shape index (κ2) is 6.61. The number of morpholine rings is 1. The molecule has 1 unspecified atom stereocenters. The van der Waals surface area contributed by atoms with Crippen LogP contribution in [0.4, 0.5) is 5.69 Å². The summed E-state index contributed by atoms with van der Waals surface area (Å²) in [5, 5.41) is 3.40. The number of hydrogen-bond acceptors (Lipinski definition) is 4. The zero-order valence-corrected chi connectivity index (χ0v) is 11.2. The van der Waals surface area contributed by atoms with Crippen LogP contribution in [-0.4, -0.2) is 50.9 Å². The smallest absolute Gasteiger partial charge is 0.141 e. The molecule has 0 bridgehead atoms. The topological polar surface area (TPSA) is 33.7 Å². The molecule has 1 heterocycles. The van der Waals surface area contributed by atoms with Gasteiger partial charge in [-0.25, -0.2) is 0 Å². The zero-order chi connectivity index (χ0) is 12.8. The van der Waals surface area contributed by atoms with Crippen molar-refractivity contribution in [2.45, 2.75) is 13.0 Å². The highest BCUT2D eigenvalue weighted by molar-refractivity contribution is 5.56. The summed E-state index contributed by atoms with van der Waals surface area (Å²) in [7, 11) is 1.69. The van der Waals surface area contributed by atoms with Crippen LogP contribution in [0, 0.1) is 0 Å². The molecule has 4 heteroatoms. The van der Waals surface area contributed by atoms with Crippen molar-refractivity contribution in [3.05, 3.63) is 24.3 Å². The van der Waals surface area contributed by atoms with Gasteiger partial charge >= 0.3 is 0 Å². The SMILES string of the molecule is CCN1CCOC(CNc2ccccc2OC)C1. The summed E-state index contributed by atoms with van der Waals surface area (Å²) >= 11 is 0. The predicted molar refractivity (Wildman–Crippen MR) is 73.3 cm³/mol. The van der Waals surface area contributed by atoms with Crippen molar-refractivity contribution in [1.29, 1.82) is 0 Å². The molecule has 2 rings (SSSR count). The number of ether oxygens (including phenoxy) is 2. The Hall–Kier alpha value is -1.26. The maximum atomic E-state index is 5.76. The van der Waals surface area contributed by atoms with Gasteiger partial charge in [-0.15, -0.1) is 0 Å². The lowest BCUT2D eigenvalue weighted by Gasteiger charge is -2.32. The molecule has 100 valence electrons. The van der Waals surface area contributed by atoms with Crippen LogP contribution >= 0.6 is 0 Å². The van der Waals surface area contributed by atoms with Crippen LogP contribution in [-0.2, 0) is 4.74 Å². The van der Waals surface area contributed by atoms with Crippen molar-refractivity contribution < 1.29 is 9.47 Å². The average molecular weight is 250 g/mol. The first-order chi connectivity index (χ1) is 8.83. The molecule has 0 saturated carbocycles. The Morgan fingerprint density at radius 2 is 2.28 bits per heavy atom. The molecule has 18 heavy (non-hydrogen) atoms. The summed E-state index contributed by atoms with van der Waals surface area (Å²) in [6.07, 6.45) is 0.253. The monoisotopic (exact) mass is 250 g/mol. The van der Waals surface area contributed by atoms with E-state index in [-0.39, 0.29) is 6.10 Å². The van der Waals surface area contributed by atoms with E-state index in [4.69, 9.17) is 9.47 Å². The first-order valence-corrected chi connectivity index (χ1v) is 6.54. The number of para-hydroxylation sites is 2. The third-order valence-electron chi connectivity index (χ3n) is 3.30. The lowest BCUT2D eigenvalue weighted by molar-refractivity contribution is -0.0191. The number of nitrogens with zero attached hydrogens (tertiary/aromatic N) is 1. The summed E-state index contributed by atoms with van der Waals surface area (Å²) in [4.78, 5) is 2.41. The summed E-state index contributed by atoms with van der Waals surface area (Å²) in [5.74, 6) is 0.876. The molecule has 0 amide bonds. The molecule has 1 aromatic rings. The number of nitrogens with one attached hydrogen (secondary N) is 1. The molecular weight excluding hydrogens is 228 g/mol. The minimum Gasteiger partial charge on any atom is -0.495 e. The molecule has 1 aliphatic heterocycles. The minimum atomic E-state index is 0.253. The second-order valence-electron chi connectivity index (χ2n) is 4.47. The summed E-state index contributed by atoms with van der Waals surface area (Å²) in [6, 6.07) is 7.96. The first kappa shape index (κ1) is 13.2. The van der Waals surface area contributed by atoms with Crippen LogP contribution < -0.4 is 10.1 Å². The van der Waals surface area contributed by atoms with Gasteiger partial charge in [0.2, 0.25) is 0 Å². The van der Waals surface area contributed by atoms with Crippen LogP contribution in [0.1, 0.15) is 6.92 Å². The average Bonchev–Trinajstić information content (AvgIpc) is 2.45. The highest BCUT2D eigenvalue weighted by atomic mass is 16.5. The van der Waals surface area contributed by atoms with Gasteiger partial charge in [0.05, 0.1) is 25.5 Å². The van der Waals surface area contributed by atoms with E-state index in [0.717, 1.165) is 44.2 Å². The van der Waals surface area contributed by atoms with E-state index in [1.165, 1.54) is 0 Å². The van der Waals surface area contributed by atoms with E-state index in [2.05, 4.69) is 17.1 Å². The molecule has 0 aromatic heterocycles. The number of hydrogen-bond donors (Lipinski definition) is 1. The normalized spacial score (nSPS) is 20.7. The van der Waals surface area contributed by atoms with Crippen LogP contribution in [0.15, 0.2) is 24.3 Å². The van der Waals surface area contributed by atoms with E-state index in [0.29, 0.717) is 0 Å². The van der Waals surface area contributed by atoms with E-state index in [1.807, 2.05) is 24.3 Å². The minimum absolute atomic E-state index is 0.253. The fraction of sp³-hybridized carbons (Fsp3) is 0.571. The second-order valence-corrected chi connectivity index (χ2v) is 4.47. The standard InChI is InChI=1S/C14H22N2O2/c1-3-16-8-9-18-12(11-16)10-15-13-6-4-5-7-14(13)17-2/h4-7,12,15H,3,8-11H2,1-2H3. The van der Waals surface area contributed by atoms with Crippen molar-refractivity contribution in [2.24, 2.45) is 0 Å². The van der Waals surface area contributed by atoms with Crippen molar-refractivity contribution in [3.8, 4) is 5.75 Å². The maximum absolute atomic E-state index is 5.76. The first-order valence-electron chi connectivity index (χ1n) is 6.54. The lowest BCUT2D eigenvalue weighted by atomic mass is 10.2. The number of rotatable bonds is 5. The van der Waals surface area contributed by atoms with Crippen LogP contribution in [0.25, 0.3) is 0 Å². The molecule has 1 aliphatic rings. The number of benzene rings is 1. The molecule has 4 nitrogen and oxygen atoms in total. The van der Waals surface area contributed by atoms with E-state index in [1.54, 1.807) is 7.11 Å². The largest absolute Gasteiger partial charge is 0.495 e. The third kappa shape index (κ3) is 3.37. The fourth-order valence-corrected chi connectivity index (χ4v) is 2.21. The lowest BCUT2D eigenvalue weighted by Crippen LogP contribution is -2.45. The summed E-state index contributed by atoms with van der Waals surface area (Å²) < 4.78 is 11.1. The predicted octanol–water partition coefficient (Wildman–Crippen LogP) is 1.83. The van der Waals surface area contributed by atoms with Crippen molar-refractivity contribution in [2.75, 3.05) is 45.2 Å². The Balaban J connectivity index is 1.87. The summed E-state index contributed by atoms with van der Waals surface area (Å²) in [6.45, 7) is 6.97. The Morgan fingerprint density at radius 1 is 1.44 bits per heavy atom. The van der Waals surface area contributed by atoms with Gasteiger partial charge in [-0.05, 0) is 18.7 Å². The van der Waals surface area contributed by atoms with Gasteiger partial charge in [-0.3, -0.25) is 4.90 Å². The van der Waals surface area contributed by atoms with E-state index in [9.17, 15) is 0 Å². The van der Waals surface area contributed by atoms with Gasteiger partial charge in [-0.2, -0.15) is 0 Å². The molecule has 1 fully saturated rings. The highest BCUT2D eigenvalue weighted by Crippen LogP contribution is 2.23. The van der Waals surface area contributed by atoms with Gasteiger partial charge in [0, 0.05) is 19.6 Å². The van der Waals surface area contributed by atoms with Gasteiger partial charge < -0.3 is 14.8 Å². The van der Waals surface area contributed by atoms with E-state index >= 15 is 0 Å². The van der Waals surface area contributed by atoms with Gasteiger partial charge in [0.25, 0.3) is 0 Å². The molecule has 1 N–H and O–H groups in total. The quantitative estimate of drug-likeness (QED) is 0.864. The van der Waals surface area contributed by atoms with Crippen LogP contribution in [0.2, 0.25) is 0 Å². The molecule has 0 spiro atoms. The molecule has 0 radical (unpaired) electrons. The van der Waals surface area contributed by atoms with Crippen molar-refractivity contribution in [3.63, 3.8) is 0 Å².